The van der Waals surface area contributed by atoms with E-state index in [1.165, 1.54) is 23.5 Å². The summed E-state index contributed by atoms with van der Waals surface area (Å²) in [6.45, 7) is 0.607. The third-order valence-electron chi connectivity index (χ3n) is 3.67. The van der Waals surface area contributed by atoms with Crippen LogP contribution in [0.25, 0.3) is 10.1 Å². The molecule has 1 aliphatic heterocycles. The van der Waals surface area contributed by atoms with Crippen LogP contribution in [-0.2, 0) is 9.53 Å². The maximum Gasteiger partial charge on any atom is 0.305 e. The molecular formula is C15H14FNO4S. The van der Waals surface area contributed by atoms with E-state index >= 15 is 0 Å². The average Bonchev–Trinajstić information content (AvgIpc) is 3.04. The van der Waals surface area contributed by atoms with Crippen molar-refractivity contribution < 1.29 is 23.8 Å². The summed E-state index contributed by atoms with van der Waals surface area (Å²) in [7, 11) is 0. The van der Waals surface area contributed by atoms with Crippen LogP contribution in [0.5, 0.6) is 0 Å². The van der Waals surface area contributed by atoms with Crippen molar-refractivity contribution in [3.8, 4) is 0 Å². The smallest absolute Gasteiger partial charge is 0.305 e. The lowest BCUT2D eigenvalue weighted by Gasteiger charge is -2.26. The Balaban J connectivity index is 1.83. The minimum Gasteiger partial charge on any atom is -0.481 e. The Morgan fingerprint density at radius 3 is 2.91 bits per heavy atom. The SMILES string of the molecule is O=C(O)CC1(NC(=O)c2cc3cc(F)ccc3s2)CCOC1. The fourth-order valence-corrected chi connectivity index (χ4v) is 3.55. The van der Waals surface area contributed by atoms with Crippen LogP contribution in [0, 0.1) is 5.82 Å². The largest absolute Gasteiger partial charge is 0.481 e. The highest BCUT2D eigenvalue weighted by molar-refractivity contribution is 7.20. The molecule has 0 saturated carbocycles. The fraction of sp³-hybridized carbons (Fsp3) is 0.333. The zero-order valence-corrected chi connectivity index (χ0v) is 12.4. The molecule has 1 aromatic carbocycles. The first kappa shape index (κ1) is 14.9. The number of hydrogen-bond donors (Lipinski definition) is 2. The first-order valence-electron chi connectivity index (χ1n) is 6.79. The second-order valence-electron chi connectivity index (χ2n) is 5.40. The van der Waals surface area contributed by atoms with Crippen LogP contribution in [0.1, 0.15) is 22.5 Å². The molecule has 5 nitrogen and oxygen atoms in total. The van der Waals surface area contributed by atoms with Crippen LogP contribution < -0.4 is 5.32 Å². The highest BCUT2D eigenvalue weighted by Crippen LogP contribution is 2.28. The van der Waals surface area contributed by atoms with Gasteiger partial charge in [-0.2, -0.15) is 0 Å². The number of carbonyl (C=O) groups excluding carboxylic acids is 1. The number of carboxylic acid groups (broad SMARTS) is 1. The van der Waals surface area contributed by atoms with E-state index in [0.29, 0.717) is 23.3 Å². The summed E-state index contributed by atoms with van der Waals surface area (Å²) in [5.74, 6) is -1.69. The van der Waals surface area contributed by atoms with Crippen molar-refractivity contribution in [3.05, 3.63) is 35.0 Å². The van der Waals surface area contributed by atoms with Crippen LogP contribution >= 0.6 is 11.3 Å². The first-order chi connectivity index (χ1) is 10.5. The van der Waals surface area contributed by atoms with Crippen molar-refractivity contribution in [1.29, 1.82) is 0 Å². The Labute approximate surface area is 129 Å². The topological polar surface area (TPSA) is 75.6 Å². The standard InChI is InChI=1S/C15H14FNO4S/c16-10-1-2-11-9(5-10)6-12(22-11)14(20)17-15(7-13(18)19)3-4-21-8-15/h1-2,5-6H,3-4,7-8H2,(H,17,20)(H,18,19). The van der Waals surface area contributed by atoms with Crippen molar-refractivity contribution in [2.45, 2.75) is 18.4 Å². The Morgan fingerprint density at radius 1 is 1.41 bits per heavy atom. The van der Waals surface area contributed by atoms with Gasteiger partial charge in [0.2, 0.25) is 0 Å². The van der Waals surface area contributed by atoms with Crippen molar-refractivity contribution in [3.63, 3.8) is 0 Å². The van der Waals surface area contributed by atoms with Gasteiger partial charge in [-0.1, -0.05) is 0 Å². The molecule has 22 heavy (non-hydrogen) atoms. The maximum atomic E-state index is 13.2. The predicted molar refractivity (Wildman–Crippen MR) is 79.7 cm³/mol. The molecule has 2 N–H and O–H groups in total. The molecule has 1 aromatic heterocycles. The quantitative estimate of drug-likeness (QED) is 0.906. The molecule has 0 bridgehead atoms. The zero-order valence-electron chi connectivity index (χ0n) is 11.6. The highest BCUT2D eigenvalue weighted by Gasteiger charge is 2.39. The van der Waals surface area contributed by atoms with Gasteiger partial charge in [0.25, 0.3) is 5.91 Å². The summed E-state index contributed by atoms with van der Waals surface area (Å²) in [4.78, 5) is 23.8. The van der Waals surface area contributed by atoms with Crippen LogP contribution in [0.2, 0.25) is 0 Å². The molecule has 116 valence electrons. The van der Waals surface area contributed by atoms with Crippen LogP contribution in [0.4, 0.5) is 4.39 Å². The number of hydrogen-bond acceptors (Lipinski definition) is 4. The summed E-state index contributed by atoms with van der Waals surface area (Å²) in [5, 5.41) is 12.5. The number of benzene rings is 1. The van der Waals surface area contributed by atoms with Gasteiger partial charge in [-0.3, -0.25) is 9.59 Å². The lowest BCUT2D eigenvalue weighted by Crippen LogP contribution is -2.50. The molecular weight excluding hydrogens is 309 g/mol. The van der Waals surface area contributed by atoms with E-state index in [9.17, 15) is 14.0 Å². The monoisotopic (exact) mass is 323 g/mol. The van der Waals surface area contributed by atoms with Gasteiger partial charge < -0.3 is 15.2 Å². The lowest BCUT2D eigenvalue weighted by atomic mass is 9.94. The number of aliphatic carboxylic acids is 1. The van der Waals surface area contributed by atoms with Crippen molar-refractivity contribution in [2.24, 2.45) is 0 Å². The summed E-state index contributed by atoms with van der Waals surface area (Å²) < 4.78 is 19.3. The number of ether oxygens (including phenoxy) is 1. The Hall–Kier alpha value is -1.99. The molecule has 1 saturated heterocycles. The molecule has 2 heterocycles. The summed E-state index contributed by atoms with van der Waals surface area (Å²) in [6.07, 6.45) is 0.281. The van der Waals surface area contributed by atoms with E-state index in [-0.39, 0.29) is 24.8 Å². The molecule has 1 aliphatic rings. The normalized spacial score (nSPS) is 21.1. The predicted octanol–water partition coefficient (Wildman–Crippen LogP) is 2.40. The van der Waals surface area contributed by atoms with Gasteiger partial charge in [-0.05, 0) is 36.1 Å². The third-order valence-corrected chi connectivity index (χ3v) is 4.79. The molecule has 0 radical (unpaired) electrons. The maximum absolute atomic E-state index is 13.2. The van der Waals surface area contributed by atoms with E-state index in [4.69, 9.17) is 9.84 Å². The second kappa shape index (κ2) is 5.66. The molecule has 1 unspecified atom stereocenters. The molecule has 3 rings (SSSR count). The fourth-order valence-electron chi connectivity index (χ4n) is 2.61. The second-order valence-corrected chi connectivity index (χ2v) is 6.48. The number of carbonyl (C=O) groups is 2. The van der Waals surface area contributed by atoms with Crippen molar-refractivity contribution in [1.82, 2.24) is 5.32 Å². The minimum absolute atomic E-state index is 0.182. The van der Waals surface area contributed by atoms with Gasteiger partial charge in [0, 0.05) is 11.3 Å². The van der Waals surface area contributed by atoms with Gasteiger partial charge in [0.1, 0.15) is 5.82 Å². The number of amides is 1. The van der Waals surface area contributed by atoms with Gasteiger partial charge >= 0.3 is 5.97 Å². The van der Waals surface area contributed by atoms with Gasteiger partial charge in [0.15, 0.2) is 0 Å². The molecule has 1 amide bonds. The van der Waals surface area contributed by atoms with E-state index in [1.54, 1.807) is 12.1 Å². The summed E-state index contributed by atoms with van der Waals surface area (Å²) in [6, 6.07) is 5.95. The van der Waals surface area contributed by atoms with Gasteiger partial charge in [-0.15, -0.1) is 11.3 Å². The number of rotatable bonds is 4. The first-order valence-corrected chi connectivity index (χ1v) is 7.60. The van der Waals surface area contributed by atoms with Crippen LogP contribution in [-0.4, -0.2) is 35.7 Å². The van der Waals surface area contributed by atoms with Crippen LogP contribution in [0.15, 0.2) is 24.3 Å². The molecule has 1 fully saturated rings. The lowest BCUT2D eigenvalue weighted by molar-refractivity contribution is -0.138. The van der Waals surface area contributed by atoms with Gasteiger partial charge in [0.05, 0.1) is 23.4 Å². The zero-order chi connectivity index (χ0) is 15.7. The molecule has 0 spiro atoms. The average molecular weight is 323 g/mol. The van der Waals surface area contributed by atoms with Crippen molar-refractivity contribution in [2.75, 3.05) is 13.2 Å². The molecule has 0 aliphatic carbocycles. The Bertz CT molecular complexity index is 736. The minimum atomic E-state index is -0.982. The van der Waals surface area contributed by atoms with E-state index in [1.807, 2.05) is 0 Å². The van der Waals surface area contributed by atoms with Crippen LogP contribution in [0.3, 0.4) is 0 Å². The van der Waals surface area contributed by atoms with Gasteiger partial charge in [-0.25, -0.2) is 4.39 Å². The van der Waals surface area contributed by atoms with E-state index in [0.717, 1.165) is 4.70 Å². The molecule has 7 heteroatoms. The molecule has 1 atom stereocenters. The number of nitrogens with one attached hydrogen (secondary N) is 1. The summed E-state index contributed by atoms with van der Waals surface area (Å²) >= 11 is 1.25. The van der Waals surface area contributed by atoms with E-state index in [2.05, 4.69) is 5.32 Å². The number of carboxylic acids is 1. The third kappa shape index (κ3) is 2.95. The van der Waals surface area contributed by atoms with Crippen molar-refractivity contribution >= 4 is 33.3 Å². The highest BCUT2D eigenvalue weighted by atomic mass is 32.1. The number of thiophene rings is 1. The number of fused-ring (bicyclic) bond motifs is 1. The number of halogens is 1. The van der Waals surface area contributed by atoms with E-state index < -0.39 is 11.5 Å². The Kier molecular flexibility index (Phi) is 3.84. The molecule has 2 aromatic rings. The Morgan fingerprint density at radius 2 is 2.23 bits per heavy atom. The summed E-state index contributed by atoms with van der Waals surface area (Å²) in [5.41, 5.74) is -0.871.